The Balaban J connectivity index is 1.38. The van der Waals surface area contributed by atoms with E-state index < -0.39 is 82.1 Å². The summed E-state index contributed by atoms with van der Waals surface area (Å²) in [5.41, 5.74) is 5.21. The minimum absolute atomic E-state index is 0.0598. The molecule has 3 aromatic carbocycles. The Labute approximate surface area is 285 Å². The second-order valence-corrected chi connectivity index (χ2v) is 13.9. The molecule has 13 heteroatoms. The summed E-state index contributed by atoms with van der Waals surface area (Å²) in [6.45, 7) is 2.13. The molecule has 2 saturated carbocycles. The number of aromatic hydroxyl groups is 1. The van der Waals surface area contributed by atoms with E-state index in [1.54, 1.807) is 31.2 Å². The number of nitrogens with two attached hydrogens (primary N) is 1. The fourth-order valence-electron chi connectivity index (χ4n) is 9.06. The first-order chi connectivity index (χ1) is 23.8. The Morgan fingerprint density at radius 3 is 2.44 bits per heavy atom. The number of ether oxygens (including phenoxy) is 3. The van der Waals surface area contributed by atoms with Crippen LogP contribution in [0, 0.1) is 23.7 Å². The lowest BCUT2D eigenvalue weighted by Crippen LogP contribution is -2.77. The molecule has 50 heavy (non-hydrogen) atoms. The zero-order valence-corrected chi connectivity index (χ0v) is 27.3. The van der Waals surface area contributed by atoms with Crippen LogP contribution in [0.3, 0.4) is 0 Å². The van der Waals surface area contributed by atoms with E-state index in [0.29, 0.717) is 46.1 Å². The molecule has 13 nitrogen and oxygen atoms in total. The zero-order chi connectivity index (χ0) is 35.5. The second kappa shape index (κ2) is 10.9. The summed E-state index contributed by atoms with van der Waals surface area (Å²) in [7, 11) is 2.90. The number of carbonyl (C=O) groups excluding carboxylic acids is 5. The number of fused-ring (bicyclic) bond motifs is 5. The summed E-state index contributed by atoms with van der Waals surface area (Å²) in [4.78, 5) is 70.5. The van der Waals surface area contributed by atoms with Crippen molar-refractivity contribution in [2.45, 2.75) is 37.0 Å². The maximum atomic E-state index is 14.8. The van der Waals surface area contributed by atoms with Crippen molar-refractivity contribution in [2.75, 3.05) is 27.5 Å². The molecule has 8 rings (SSSR count). The van der Waals surface area contributed by atoms with Crippen molar-refractivity contribution >= 4 is 29.0 Å². The number of aliphatic hydroxyl groups excluding tert-OH is 1. The Hall–Kier alpha value is -5.11. The molecule has 5 aliphatic rings. The van der Waals surface area contributed by atoms with Crippen LogP contribution in [0.1, 0.15) is 34.3 Å². The molecule has 1 amide bonds. The third-order valence-electron chi connectivity index (χ3n) is 11.3. The minimum Gasteiger partial charge on any atom is -0.507 e. The van der Waals surface area contributed by atoms with E-state index in [9.17, 15) is 39.3 Å². The highest BCUT2D eigenvalue weighted by atomic mass is 16.7. The number of benzene rings is 3. The summed E-state index contributed by atoms with van der Waals surface area (Å²) in [6, 6.07) is 11.0. The van der Waals surface area contributed by atoms with Gasteiger partial charge in [-0.05, 0) is 60.5 Å². The van der Waals surface area contributed by atoms with Crippen LogP contribution in [0.15, 0.2) is 42.5 Å². The molecule has 258 valence electrons. The van der Waals surface area contributed by atoms with E-state index >= 15 is 0 Å². The van der Waals surface area contributed by atoms with Crippen molar-refractivity contribution in [3.63, 3.8) is 0 Å². The highest BCUT2D eigenvalue weighted by Crippen LogP contribution is 2.58. The number of carbonyl (C=O) groups is 5. The van der Waals surface area contributed by atoms with Crippen LogP contribution < -0.4 is 19.9 Å². The van der Waals surface area contributed by atoms with Crippen molar-refractivity contribution in [3.8, 4) is 45.3 Å². The zero-order valence-electron chi connectivity index (χ0n) is 27.3. The number of phenols is 1. The van der Waals surface area contributed by atoms with Crippen molar-refractivity contribution in [2.24, 2.45) is 29.4 Å². The summed E-state index contributed by atoms with van der Waals surface area (Å²) >= 11 is 0. The number of para-hydroxylation sites is 1. The van der Waals surface area contributed by atoms with Gasteiger partial charge in [0.2, 0.25) is 12.7 Å². The fourth-order valence-corrected chi connectivity index (χ4v) is 9.06. The van der Waals surface area contributed by atoms with Crippen molar-refractivity contribution in [1.82, 2.24) is 4.90 Å². The molecule has 2 heterocycles. The number of phenolic OH excluding ortho intramolecular Hbond substituents is 1. The predicted octanol–water partition coefficient (Wildman–Crippen LogP) is 1.40. The highest BCUT2D eigenvalue weighted by Gasteiger charge is 2.73. The number of primary amides is 1. The molecule has 2 aliphatic heterocycles. The van der Waals surface area contributed by atoms with Gasteiger partial charge in [-0.1, -0.05) is 31.2 Å². The number of likely N-dealkylation sites (N-methyl/N-ethyl adjacent to an activating group) is 1. The first-order valence-corrected chi connectivity index (χ1v) is 16.4. The molecule has 0 bridgehead atoms. The number of Topliss-reactive ketones (excluding diaryl/α,β-unsaturated/α-hetero) is 4. The summed E-state index contributed by atoms with van der Waals surface area (Å²) in [5, 5.41) is 36.2. The van der Waals surface area contributed by atoms with Gasteiger partial charge in [0.1, 0.15) is 11.5 Å². The number of hydrogen-bond acceptors (Lipinski definition) is 12. The number of ketones is 4. The molecule has 3 aliphatic carbocycles. The predicted molar refractivity (Wildman–Crippen MR) is 174 cm³/mol. The third kappa shape index (κ3) is 4.08. The topological polar surface area (TPSA) is 203 Å². The number of rotatable bonds is 4. The molecule has 0 saturated heterocycles. The van der Waals surface area contributed by atoms with Crippen LogP contribution in [0.2, 0.25) is 0 Å². The average Bonchev–Trinajstić information content (AvgIpc) is 3.76. The molecule has 0 aromatic heterocycles. The fraction of sp³-hybridized carbons (Fsp3) is 0.378. The van der Waals surface area contributed by atoms with Crippen LogP contribution in [-0.4, -0.2) is 94.5 Å². The Bertz CT molecular complexity index is 2070. The number of aliphatic hydroxyl groups is 2. The van der Waals surface area contributed by atoms with Crippen LogP contribution in [0.4, 0.5) is 0 Å². The van der Waals surface area contributed by atoms with Crippen molar-refractivity contribution in [3.05, 3.63) is 59.2 Å². The van der Waals surface area contributed by atoms with Gasteiger partial charge >= 0.3 is 0 Å². The van der Waals surface area contributed by atoms with Crippen molar-refractivity contribution < 1.29 is 53.5 Å². The van der Waals surface area contributed by atoms with Gasteiger partial charge < -0.3 is 35.3 Å². The Morgan fingerprint density at radius 2 is 1.72 bits per heavy atom. The van der Waals surface area contributed by atoms with Gasteiger partial charge in [0, 0.05) is 23.5 Å². The molecule has 0 spiro atoms. The van der Waals surface area contributed by atoms with Gasteiger partial charge in [0.05, 0.1) is 36.2 Å². The van der Waals surface area contributed by atoms with E-state index in [2.05, 4.69) is 0 Å². The molecular formula is C37H34N2O11. The molecule has 0 radical (unpaired) electrons. The van der Waals surface area contributed by atoms with Gasteiger partial charge in [-0.2, -0.15) is 0 Å². The van der Waals surface area contributed by atoms with Gasteiger partial charge in [0.25, 0.3) is 0 Å². The highest BCUT2D eigenvalue weighted by molar-refractivity contribution is 6.32. The lowest BCUT2D eigenvalue weighted by molar-refractivity contribution is -0.196. The molecule has 5 N–H and O–H groups in total. The third-order valence-corrected chi connectivity index (χ3v) is 11.3. The van der Waals surface area contributed by atoms with Gasteiger partial charge in [0.15, 0.2) is 46.2 Å². The summed E-state index contributed by atoms with van der Waals surface area (Å²) < 4.78 is 17.2. The Morgan fingerprint density at radius 1 is 0.960 bits per heavy atom. The van der Waals surface area contributed by atoms with E-state index in [-0.39, 0.29) is 17.9 Å². The summed E-state index contributed by atoms with van der Waals surface area (Å²) in [5.74, 6) is -12.8. The minimum atomic E-state index is -3.10. The van der Waals surface area contributed by atoms with Crippen LogP contribution in [-0.2, 0) is 25.6 Å². The largest absolute Gasteiger partial charge is 0.507 e. The lowest BCUT2D eigenvalue weighted by atomic mass is 9.49. The molecule has 3 aromatic rings. The quantitative estimate of drug-likeness (QED) is 0.289. The molecular weight excluding hydrogens is 648 g/mol. The van der Waals surface area contributed by atoms with E-state index in [0.717, 1.165) is 12.0 Å². The monoisotopic (exact) mass is 682 g/mol. The normalized spacial score (nSPS) is 30.8. The maximum absolute atomic E-state index is 14.8. The number of nitrogens with zero attached hydrogens (tertiary/aromatic N) is 1. The molecule has 2 fully saturated rings. The van der Waals surface area contributed by atoms with Crippen LogP contribution in [0.25, 0.3) is 22.3 Å². The molecule has 8 atom stereocenters. The standard InChI is InChI=1S/C37H34N2O11/c1-14-22-18(16-8-7-15-9-10-48-21(15)11-16)12-19(17-5-4-6-20-33(17)50-13-49-20)29(40)24(22)30(41)25-23(14)31(42)27-28(39(2)3)32(43)26(36(38)46)35(45)37(27,47)34(25)44/h4-8,11-12,14,23,25-28,31,40,42,47H,9-10,13H2,1-3H3,(H2,38,46)/t14-,23+,25?,26?,27+,28-,31-,37-/m0/s1. The number of hydrogen-bond donors (Lipinski definition) is 4. The van der Waals surface area contributed by atoms with E-state index in [1.807, 2.05) is 18.2 Å². The second-order valence-electron chi connectivity index (χ2n) is 13.9. The molecule has 2 unspecified atom stereocenters. The van der Waals surface area contributed by atoms with Crippen LogP contribution >= 0.6 is 0 Å². The first-order valence-electron chi connectivity index (χ1n) is 16.4. The van der Waals surface area contributed by atoms with Gasteiger partial charge in [-0.25, -0.2) is 0 Å². The average molecular weight is 683 g/mol. The van der Waals surface area contributed by atoms with E-state index in [1.165, 1.54) is 19.0 Å². The Kier molecular flexibility index (Phi) is 7.03. The number of amides is 1. The van der Waals surface area contributed by atoms with Gasteiger partial charge in [-0.15, -0.1) is 0 Å². The summed E-state index contributed by atoms with van der Waals surface area (Å²) in [6.07, 6.45) is -1.04. The lowest BCUT2D eigenvalue weighted by Gasteiger charge is -2.56. The van der Waals surface area contributed by atoms with E-state index in [4.69, 9.17) is 19.9 Å². The smallest absolute Gasteiger partial charge is 0.235 e. The van der Waals surface area contributed by atoms with Crippen LogP contribution in [0.5, 0.6) is 23.0 Å². The van der Waals surface area contributed by atoms with Gasteiger partial charge in [-0.3, -0.25) is 28.9 Å². The van der Waals surface area contributed by atoms with Crippen molar-refractivity contribution in [1.29, 1.82) is 0 Å². The maximum Gasteiger partial charge on any atom is 0.235 e. The first kappa shape index (κ1) is 32.1. The SMILES string of the molecule is C[C@H]1c2c(-c3ccc4c(c3)OCC4)cc(-c3cccc4c3OCO4)c(O)c2C(=O)C2C(=O)[C@]3(O)C(=O)C(C(N)=O)C(=O)[C@@H](N(C)C)[C@@H]3[C@@H](O)[C@@H]21.